The van der Waals surface area contributed by atoms with Crippen LogP contribution in [0.1, 0.15) is 51.3 Å². The summed E-state index contributed by atoms with van der Waals surface area (Å²) >= 11 is 0. The Morgan fingerprint density at radius 2 is 0.906 bits per heavy atom. The van der Waals surface area contributed by atoms with E-state index in [0.717, 1.165) is 83.2 Å². The fraction of sp³-hybridized carbons (Fsp3) is 0.115. The lowest BCUT2D eigenvalue weighted by Crippen LogP contribution is -2.17. The molecule has 3 nitrogen and oxygen atoms in total. The number of nitrogens with zero attached hydrogens (tertiary/aromatic N) is 1. The van der Waals surface area contributed by atoms with Crippen molar-refractivity contribution in [2.45, 2.75) is 45.4 Å². The average molecular weight is 826 g/mol. The molecule has 1 aliphatic carbocycles. The van der Waals surface area contributed by atoms with Crippen molar-refractivity contribution in [3.8, 4) is 44.5 Å². The van der Waals surface area contributed by atoms with Crippen LogP contribution in [0.25, 0.3) is 88.4 Å². The van der Waals surface area contributed by atoms with Gasteiger partial charge in [-0.25, -0.2) is 0 Å². The fourth-order valence-corrected chi connectivity index (χ4v) is 10.1. The molecule has 0 N–H and O–H groups in total. The van der Waals surface area contributed by atoms with Crippen LogP contribution in [0.4, 0.5) is 17.1 Å². The summed E-state index contributed by atoms with van der Waals surface area (Å²) < 4.78 is 12.7. The monoisotopic (exact) mass is 825 g/mol. The van der Waals surface area contributed by atoms with Gasteiger partial charge in [0.25, 0.3) is 0 Å². The summed E-state index contributed by atoms with van der Waals surface area (Å²) in [6.45, 7) is 11.6. The molecule has 2 aromatic heterocycles. The molecule has 64 heavy (non-hydrogen) atoms. The third-order valence-corrected chi connectivity index (χ3v) is 13.7. The lowest BCUT2D eigenvalue weighted by molar-refractivity contribution is 0.584. The quantitative estimate of drug-likeness (QED) is 0.167. The number of anilines is 3. The van der Waals surface area contributed by atoms with Crippen molar-refractivity contribution in [3.05, 3.63) is 211 Å². The molecule has 0 amide bonds. The van der Waals surface area contributed by atoms with Gasteiger partial charge < -0.3 is 13.7 Å². The lowest BCUT2D eigenvalue weighted by atomic mass is 9.79. The van der Waals surface area contributed by atoms with E-state index >= 15 is 0 Å². The molecule has 0 fully saturated rings. The first kappa shape index (κ1) is 38.1. The Bertz CT molecular complexity index is 3600. The first-order valence-electron chi connectivity index (χ1n) is 22.3. The van der Waals surface area contributed by atoms with Crippen molar-refractivity contribution in [3.63, 3.8) is 0 Å². The van der Waals surface area contributed by atoms with Crippen molar-refractivity contribution in [1.82, 2.24) is 0 Å². The van der Waals surface area contributed by atoms with Gasteiger partial charge in [0.1, 0.15) is 22.3 Å². The summed E-state index contributed by atoms with van der Waals surface area (Å²) in [7, 11) is 0. The summed E-state index contributed by atoms with van der Waals surface area (Å²) in [5.74, 6) is 0. The van der Waals surface area contributed by atoms with Gasteiger partial charge in [-0.2, -0.15) is 0 Å². The molecule has 0 saturated heterocycles. The highest BCUT2D eigenvalue weighted by Gasteiger charge is 2.36. The van der Waals surface area contributed by atoms with Crippen molar-refractivity contribution in [2.24, 2.45) is 0 Å². The van der Waals surface area contributed by atoms with Gasteiger partial charge in [0.05, 0.1) is 0 Å². The minimum absolute atomic E-state index is 0.0569. The maximum Gasteiger partial charge on any atom is 0.143 e. The number of hydrogen-bond acceptors (Lipinski definition) is 3. The Morgan fingerprint density at radius 3 is 1.56 bits per heavy atom. The molecule has 0 atom stereocenters. The van der Waals surface area contributed by atoms with Crippen LogP contribution in [-0.4, -0.2) is 0 Å². The van der Waals surface area contributed by atoms with Gasteiger partial charge in [0.15, 0.2) is 0 Å². The van der Waals surface area contributed by atoms with Gasteiger partial charge in [-0.05, 0) is 128 Å². The summed E-state index contributed by atoms with van der Waals surface area (Å²) in [4.78, 5) is 2.34. The van der Waals surface area contributed by atoms with Crippen molar-refractivity contribution in [2.75, 3.05) is 4.90 Å². The predicted molar refractivity (Wildman–Crippen MR) is 268 cm³/mol. The largest absolute Gasteiger partial charge is 0.456 e. The summed E-state index contributed by atoms with van der Waals surface area (Å²) in [5.41, 5.74) is 20.6. The van der Waals surface area contributed by atoms with Gasteiger partial charge in [0, 0.05) is 49.6 Å². The molecule has 0 bridgehead atoms. The second-order valence-electron chi connectivity index (χ2n) is 19.0. The lowest BCUT2D eigenvalue weighted by Gasteiger charge is -2.26. The Hall–Kier alpha value is -7.62. The second-order valence-corrected chi connectivity index (χ2v) is 19.0. The third-order valence-electron chi connectivity index (χ3n) is 13.7. The van der Waals surface area contributed by atoms with Crippen LogP contribution in [0.15, 0.2) is 203 Å². The highest BCUT2D eigenvalue weighted by molar-refractivity contribution is 6.10. The summed E-state index contributed by atoms with van der Waals surface area (Å²) in [6.07, 6.45) is 0. The molecular weight excluding hydrogens is 779 g/mol. The van der Waals surface area contributed by atoms with Crippen LogP contribution in [-0.2, 0) is 10.8 Å². The number of fused-ring (bicyclic) bond motifs is 9. The molecule has 0 spiro atoms. The Labute approximate surface area is 373 Å². The topological polar surface area (TPSA) is 29.5 Å². The van der Waals surface area contributed by atoms with Crippen LogP contribution in [0.2, 0.25) is 0 Å². The number of furan rings is 2. The predicted octanol–water partition coefficient (Wildman–Crippen LogP) is 17.6. The number of hydrogen-bond donors (Lipinski definition) is 0. The van der Waals surface area contributed by atoms with E-state index in [1.54, 1.807) is 0 Å². The first-order chi connectivity index (χ1) is 31.1. The molecule has 2 heterocycles. The molecule has 12 rings (SSSR count). The Balaban J connectivity index is 0.916. The van der Waals surface area contributed by atoms with Crippen LogP contribution in [0, 0.1) is 0 Å². The second kappa shape index (κ2) is 14.2. The van der Waals surface area contributed by atoms with E-state index in [4.69, 9.17) is 8.83 Å². The van der Waals surface area contributed by atoms with E-state index in [-0.39, 0.29) is 10.8 Å². The van der Waals surface area contributed by atoms with Gasteiger partial charge in [-0.3, -0.25) is 0 Å². The molecule has 11 aromatic rings. The van der Waals surface area contributed by atoms with Crippen molar-refractivity contribution < 1.29 is 8.83 Å². The van der Waals surface area contributed by atoms with Gasteiger partial charge in [0.2, 0.25) is 0 Å². The molecule has 0 unspecified atom stereocenters. The van der Waals surface area contributed by atoms with E-state index in [2.05, 4.69) is 209 Å². The molecule has 0 radical (unpaired) electrons. The fourth-order valence-electron chi connectivity index (χ4n) is 10.1. The van der Waals surface area contributed by atoms with Gasteiger partial charge in [-0.1, -0.05) is 162 Å². The number of rotatable bonds is 6. The molecule has 308 valence electrons. The Kier molecular flexibility index (Phi) is 8.45. The molecule has 0 aliphatic heterocycles. The zero-order chi connectivity index (χ0) is 43.3. The highest BCUT2D eigenvalue weighted by atomic mass is 16.3. The van der Waals surface area contributed by atoms with E-state index in [0.29, 0.717) is 0 Å². The van der Waals surface area contributed by atoms with Crippen LogP contribution >= 0.6 is 0 Å². The summed E-state index contributed by atoms with van der Waals surface area (Å²) in [5, 5.41) is 4.54. The zero-order valence-electron chi connectivity index (χ0n) is 36.7. The van der Waals surface area contributed by atoms with E-state index < -0.39 is 0 Å². The van der Waals surface area contributed by atoms with Crippen molar-refractivity contribution >= 4 is 60.9 Å². The summed E-state index contributed by atoms with van der Waals surface area (Å²) in [6, 6.07) is 70.4. The van der Waals surface area contributed by atoms with E-state index in [1.807, 2.05) is 24.3 Å². The minimum atomic E-state index is -0.0569. The first-order valence-corrected chi connectivity index (χ1v) is 22.3. The molecule has 1 aliphatic rings. The minimum Gasteiger partial charge on any atom is -0.456 e. The van der Waals surface area contributed by atoms with Gasteiger partial charge in [-0.15, -0.1) is 0 Å². The third kappa shape index (κ3) is 6.10. The highest BCUT2D eigenvalue weighted by Crippen LogP contribution is 2.51. The smallest absolute Gasteiger partial charge is 0.143 e. The maximum absolute atomic E-state index is 6.44. The maximum atomic E-state index is 6.44. The normalized spacial score (nSPS) is 13.2. The van der Waals surface area contributed by atoms with Crippen molar-refractivity contribution in [1.29, 1.82) is 0 Å². The zero-order valence-corrected chi connectivity index (χ0v) is 36.7. The SMILES string of the molecule is CC(C)(C)c1ccc2c(c1)C(C)(C)c1ccc(-c3ccc(N(c4ccc(-c5ccc6c(c5)oc5ccccc56)cc4)c4ccc(-c5cccc6c5oc5ccccc56)cc4)cc3)cc1-2. The molecule has 3 heteroatoms. The average Bonchev–Trinajstić information content (AvgIpc) is 3.96. The van der Waals surface area contributed by atoms with Gasteiger partial charge >= 0.3 is 0 Å². The van der Waals surface area contributed by atoms with E-state index in [9.17, 15) is 0 Å². The van der Waals surface area contributed by atoms with Crippen LogP contribution < -0.4 is 4.90 Å². The standard InChI is InChI=1S/C61H47NO2/c1-60(2,3)43-25-33-48-53-35-41(24-34-54(53)61(4,5)55(48)37-43)38-17-26-44(27-18-38)62(45-28-19-39(20-29-45)42-23-32-51-49-11-6-8-15-56(49)63-58(51)36-42)46-30-21-40(22-31-46)47-13-10-14-52-50-12-7-9-16-57(50)64-59(47)52/h6-37H,1-5H3. The molecule has 0 saturated carbocycles. The van der Waals surface area contributed by atoms with E-state index in [1.165, 1.54) is 38.9 Å². The Morgan fingerprint density at radius 1 is 0.375 bits per heavy atom. The number of para-hydroxylation sites is 3. The van der Waals surface area contributed by atoms with Crippen LogP contribution in [0.5, 0.6) is 0 Å². The molecule has 9 aromatic carbocycles. The van der Waals surface area contributed by atoms with Crippen LogP contribution in [0.3, 0.4) is 0 Å². The number of benzene rings is 9. The molecular formula is C61H47NO2.